The lowest BCUT2D eigenvalue weighted by atomic mass is 10.1. The fraction of sp³-hybridized carbons (Fsp3) is 0.818. The topological polar surface area (TPSA) is 12.4 Å². The predicted molar refractivity (Wildman–Crippen MR) is 53.8 cm³/mol. The zero-order valence-electron chi connectivity index (χ0n) is 7.89. The highest BCUT2D eigenvalue weighted by molar-refractivity contribution is 5.51. The normalized spacial score (nSPS) is 21.3. The first-order valence-electron chi connectivity index (χ1n) is 5.24. The van der Waals surface area contributed by atoms with Crippen LogP contribution in [0.4, 0.5) is 0 Å². The van der Waals surface area contributed by atoms with Gasteiger partial charge in [0.1, 0.15) is 0 Å². The highest BCUT2D eigenvalue weighted by Gasteiger charge is 1.91. The summed E-state index contributed by atoms with van der Waals surface area (Å²) in [5.74, 6) is 3.00. The SMILES string of the molecule is C1=CCCCCCCCCCN=1. The Hall–Kier alpha value is -0.550. The van der Waals surface area contributed by atoms with Crippen LogP contribution in [0.5, 0.6) is 0 Å². The van der Waals surface area contributed by atoms with Gasteiger partial charge in [-0.25, -0.2) is 4.99 Å². The molecule has 0 atom stereocenters. The zero-order chi connectivity index (χ0) is 8.49. The summed E-state index contributed by atoms with van der Waals surface area (Å²) < 4.78 is 0. The average Bonchev–Trinajstić information content (AvgIpc) is 2.05. The number of allylic oxidation sites excluding steroid dienone is 1. The first kappa shape index (κ1) is 9.54. The van der Waals surface area contributed by atoms with Gasteiger partial charge >= 0.3 is 0 Å². The quantitative estimate of drug-likeness (QED) is 0.522. The van der Waals surface area contributed by atoms with Gasteiger partial charge in [-0.3, -0.25) is 0 Å². The highest BCUT2D eigenvalue weighted by atomic mass is 14.7. The van der Waals surface area contributed by atoms with Crippen molar-refractivity contribution >= 4 is 5.87 Å². The summed E-state index contributed by atoms with van der Waals surface area (Å²) in [4.78, 5) is 4.20. The third kappa shape index (κ3) is 5.15. The van der Waals surface area contributed by atoms with Crippen molar-refractivity contribution in [3.8, 4) is 0 Å². The van der Waals surface area contributed by atoms with Crippen LogP contribution in [0, 0.1) is 0 Å². The van der Waals surface area contributed by atoms with Crippen molar-refractivity contribution in [1.82, 2.24) is 0 Å². The second-order valence-electron chi connectivity index (χ2n) is 3.48. The molecule has 0 aromatic heterocycles. The van der Waals surface area contributed by atoms with E-state index in [0.29, 0.717) is 0 Å². The van der Waals surface area contributed by atoms with Crippen LogP contribution in [-0.2, 0) is 0 Å². The molecule has 0 unspecified atom stereocenters. The van der Waals surface area contributed by atoms with Crippen molar-refractivity contribution in [1.29, 1.82) is 0 Å². The summed E-state index contributed by atoms with van der Waals surface area (Å²) in [6, 6.07) is 0. The molecule has 0 bridgehead atoms. The maximum absolute atomic E-state index is 4.20. The van der Waals surface area contributed by atoms with Crippen molar-refractivity contribution in [3.05, 3.63) is 6.08 Å². The average molecular weight is 165 g/mol. The Bertz CT molecular complexity index is 140. The summed E-state index contributed by atoms with van der Waals surface area (Å²) in [5.41, 5.74) is 0. The Morgan fingerprint density at radius 3 is 2.33 bits per heavy atom. The van der Waals surface area contributed by atoms with Gasteiger partial charge < -0.3 is 0 Å². The molecule has 68 valence electrons. The molecule has 0 spiro atoms. The number of hydrogen-bond donors (Lipinski definition) is 0. The number of nitrogens with zero attached hydrogens (tertiary/aromatic N) is 1. The molecule has 1 nitrogen and oxygen atoms in total. The van der Waals surface area contributed by atoms with E-state index in [2.05, 4.69) is 16.9 Å². The molecule has 0 aromatic rings. The van der Waals surface area contributed by atoms with Crippen LogP contribution in [-0.4, -0.2) is 12.4 Å². The molecule has 0 amide bonds. The van der Waals surface area contributed by atoms with E-state index < -0.39 is 0 Å². The van der Waals surface area contributed by atoms with Crippen LogP contribution in [0.25, 0.3) is 0 Å². The van der Waals surface area contributed by atoms with Crippen LogP contribution in [0.1, 0.15) is 51.4 Å². The van der Waals surface area contributed by atoms with Gasteiger partial charge in [0.05, 0.1) is 0 Å². The largest absolute Gasteiger partial charge is 0.243 e. The lowest BCUT2D eigenvalue weighted by molar-refractivity contribution is 0.583. The summed E-state index contributed by atoms with van der Waals surface area (Å²) in [6.45, 7) is 0.983. The first-order chi connectivity index (χ1) is 6.00. The van der Waals surface area contributed by atoms with Crippen LogP contribution < -0.4 is 0 Å². The minimum atomic E-state index is 0.983. The lowest BCUT2D eigenvalue weighted by Crippen LogP contribution is -1.84. The first-order valence-corrected chi connectivity index (χ1v) is 5.24. The zero-order valence-corrected chi connectivity index (χ0v) is 7.89. The van der Waals surface area contributed by atoms with Gasteiger partial charge in [0.2, 0.25) is 0 Å². The van der Waals surface area contributed by atoms with E-state index in [4.69, 9.17) is 0 Å². The number of aliphatic imine (C=N–C) groups is 1. The molecular weight excluding hydrogens is 146 g/mol. The second kappa shape index (κ2) is 7.12. The van der Waals surface area contributed by atoms with Crippen molar-refractivity contribution in [2.75, 3.05) is 6.54 Å². The molecule has 0 fully saturated rings. The second-order valence-corrected chi connectivity index (χ2v) is 3.48. The molecule has 0 radical (unpaired) electrons. The lowest BCUT2D eigenvalue weighted by Gasteiger charge is -2.00. The monoisotopic (exact) mass is 165 g/mol. The van der Waals surface area contributed by atoms with E-state index in [0.717, 1.165) is 6.54 Å². The Morgan fingerprint density at radius 2 is 1.50 bits per heavy atom. The summed E-state index contributed by atoms with van der Waals surface area (Å²) in [7, 11) is 0. The maximum atomic E-state index is 4.20. The van der Waals surface area contributed by atoms with E-state index in [-0.39, 0.29) is 0 Å². The van der Waals surface area contributed by atoms with E-state index in [1.54, 1.807) is 0 Å². The van der Waals surface area contributed by atoms with Crippen molar-refractivity contribution < 1.29 is 0 Å². The molecule has 0 saturated carbocycles. The van der Waals surface area contributed by atoms with Gasteiger partial charge in [0, 0.05) is 6.54 Å². The Morgan fingerprint density at radius 1 is 0.833 bits per heavy atom. The van der Waals surface area contributed by atoms with Crippen LogP contribution in [0.2, 0.25) is 0 Å². The molecule has 1 rings (SSSR count). The fourth-order valence-corrected chi connectivity index (χ4v) is 1.51. The minimum absolute atomic E-state index is 0.983. The van der Waals surface area contributed by atoms with E-state index in [9.17, 15) is 0 Å². The molecule has 0 saturated heterocycles. The summed E-state index contributed by atoms with van der Waals surface area (Å²) >= 11 is 0. The van der Waals surface area contributed by atoms with Gasteiger partial charge in [-0.05, 0) is 31.2 Å². The van der Waals surface area contributed by atoms with Gasteiger partial charge in [-0.1, -0.05) is 32.1 Å². The molecule has 1 aliphatic heterocycles. The highest BCUT2D eigenvalue weighted by Crippen LogP contribution is 2.08. The standard InChI is InChI=1S/C11H19N/c1-2-4-6-8-10-12-11-9-7-5-3-1/h8H,1-7,9,11H2. The number of rotatable bonds is 0. The fourth-order valence-electron chi connectivity index (χ4n) is 1.51. The van der Waals surface area contributed by atoms with Gasteiger partial charge in [0.15, 0.2) is 0 Å². The molecule has 0 aliphatic carbocycles. The van der Waals surface area contributed by atoms with E-state index in [1.165, 1.54) is 51.4 Å². The smallest absolute Gasteiger partial charge is 0.0483 e. The minimum Gasteiger partial charge on any atom is -0.243 e. The van der Waals surface area contributed by atoms with Crippen LogP contribution in [0.15, 0.2) is 11.1 Å². The van der Waals surface area contributed by atoms with Gasteiger partial charge in [-0.2, -0.15) is 0 Å². The van der Waals surface area contributed by atoms with Crippen LogP contribution in [0.3, 0.4) is 0 Å². The van der Waals surface area contributed by atoms with Crippen molar-refractivity contribution in [2.45, 2.75) is 51.4 Å². The molecule has 1 aliphatic rings. The molecule has 1 heteroatoms. The van der Waals surface area contributed by atoms with Gasteiger partial charge in [0.25, 0.3) is 0 Å². The molecule has 12 heavy (non-hydrogen) atoms. The number of hydrogen-bond acceptors (Lipinski definition) is 1. The Labute approximate surface area is 75.6 Å². The van der Waals surface area contributed by atoms with Crippen molar-refractivity contribution in [3.63, 3.8) is 0 Å². The third-order valence-corrected chi connectivity index (χ3v) is 2.30. The van der Waals surface area contributed by atoms with Crippen LogP contribution >= 0.6 is 0 Å². The van der Waals surface area contributed by atoms with E-state index in [1.807, 2.05) is 0 Å². The summed E-state index contributed by atoms with van der Waals surface area (Å²) in [5, 5.41) is 0. The molecule has 0 N–H and O–H groups in total. The molecular formula is C11H19N. The molecule has 0 aromatic carbocycles. The summed E-state index contributed by atoms with van der Waals surface area (Å²) in [6.07, 6.45) is 12.8. The Kier molecular flexibility index (Phi) is 5.66. The maximum Gasteiger partial charge on any atom is 0.0483 e. The predicted octanol–water partition coefficient (Wildman–Crippen LogP) is 3.35. The van der Waals surface area contributed by atoms with Crippen molar-refractivity contribution in [2.24, 2.45) is 4.99 Å². The molecule has 1 heterocycles. The van der Waals surface area contributed by atoms with Gasteiger partial charge in [-0.15, -0.1) is 0 Å². The third-order valence-electron chi connectivity index (χ3n) is 2.30. The van der Waals surface area contributed by atoms with E-state index >= 15 is 0 Å². The Balaban J connectivity index is 2.22.